The van der Waals surface area contributed by atoms with Gasteiger partial charge in [0.1, 0.15) is 18.3 Å². The van der Waals surface area contributed by atoms with Gasteiger partial charge in [-0.25, -0.2) is 0 Å². The standard InChI is InChI=1S/C21H26O5/c1-15-19(24-13-16-9-5-3-6-10-16)18(22)20(21(23-2)26-15)25-14-17-11-7-4-8-12-17/h3-12,15,18-22H,13-14H2,1-2H3. The highest BCUT2D eigenvalue weighted by molar-refractivity contribution is 5.14. The zero-order chi connectivity index (χ0) is 18.4. The van der Waals surface area contributed by atoms with E-state index in [0.29, 0.717) is 13.2 Å². The molecule has 1 fully saturated rings. The Morgan fingerprint density at radius 3 is 1.85 bits per heavy atom. The second kappa shape index (κ2) is 9.26. The number of methoxy groups -OCH3 is 1. The minimum atomic E-state index is -0.851. The molecular weight excluding hydrogens is 332 g/mol. The van der Waals surface area contributed by atoms with E-state index in [1.54, 1.807) is 7.11 Å². The lowest BCUT2D eigenvalue weighted by molar-refractivity contribution is -0.305. The minimum Gasteiger partial charge on any atom is -0.387 e. The Hall–Kier alpha value is -1.76. The van der Waals surface area contributed by atoms with Gasteiger partial charge in [-0.05, 0) is 18.1 Å². The second-order valence-corrected chi connectivity index (χ2v) is 6.46. The Morgan fingerprint density at radius 1 is 0.846 bits per heavy atom. The van der Waals surface area contributed by atoms with Gasteiger partial charge >= 0.3 is 0 Å². The van der Waals surface area contributed by atoms with Gasteiger partial charge < -0.3 is 24.1 Å². The summed E-state index contributed by atoms with van der Waals surface area (Å²) in [4.78, 5) is 0. The van der Waals surface area contributed by atoms with E-state index in [0.717, 1.165) is 11.1 Å². The summed E-state index contributed by atoms with van der Waals surface area (Å²) in [6.45, 7) is 2.64. The maximum atomic E-state index is 10.8. The van der Waals surface area contributed by atoms with E-state index in [2.05, 4.69) is 0 Å². The Labute approximate surface area is 154 Å². The molecule has 0 amide bonds. The van der Waals surface area contributed by atoms with Gasteiger partial charge in [0.05, 0.1) is 19.3 Å². The van der Waals surface area contributed by atoms with Crippen molar-refractivity contribution in [2.45, 2.75) is 50.8 Å². The van der Waals surface area contributed by atoms with E-state index in [4.69, 9.17) is 18.9 Å². The number of hydrogen-bond acceptors (Lipinski definition) is 5. The van der Waals surface area contributed by atoms with Gasteiger partial charge in [-0.2, -0.15) is 0 Å². The van der Waals surface area contributed by atoms with Crippen LogP contribution >= 0.6 is 0 Å². The molecular formula is C21H26O5. The first-order valence-electron chi connectivity index (χ1n) is 8.86. The lowest BCUT2D eigenvalue weighted by Gasteiger charge is -2.42. The summed E-state index contributed by atoms with van der Waals surface area (Å²) in [6, 6.07) is 19.7. The predicted molar refractivity (Wildman–Crippen MR) is 97.4 cm³/mol. The molecule has 0 bridgehead atoms. The van der Waals surface area contributed by atoms with E-state index < -0.39 is 24.6 Å². The van der Waals surface area contributed by atoms with Crippen LogP contribution in [-0.4, -0.2) is 42.9 Å². The lowest BCUT2D eigenvalue weighted by atomic mass is 9.99. The normalized spacial score (nSPS) is 28.8. The number of ether oxygens (including phenoxy) is 4. The first-order chi connectivity index (χ1) is 12.7. The molecule has 1 heterocycles. The first-order valence-corrected chi connectivity index (χ1v) is 8.86. The fourth-order valence-corrected chi connectivity index (χ4v) is 3.13. The molecule has 1 saturated heterocycles. The van der Waals surface area contributed by atoms with Gasteiger partial charge in [-0.15, -0.1) is 0 Å². The van der Waals surface area contributed by atoms with Crippen molar-refractivity contribution >= 4 is 0 Å². The topological polar surface area (TPSA) is 57.2 Å². The van der Waals surface area contributed by atoms with E-state index in [9.17, 15) is 5.11 Å². The van der Waals surface area contributed by atoms with Gasteiger partial charge in [0.25, 0.3) is 0 Å². The monoisotopic (exact) mass is 358 g/mol. The van der Waals surface area contributed by atoms with Gasteiger partial charge in [0.15, 0.2) is 6.29 Å². The molecule has 26 heavy (non-hydrogen) atoms. The Bertz CT molecular complexity index is 648. The number of benzene rings is 2. The van der Waals surface area contributed by atoms with Crippen LogP contribution in [0.2, 0.25) is 0 Å². The third-order valence-electron chi connectivity index (χ3n) is 4.56. The van der Waals surface area contributed by atoms with Crippen molar-refractivity contribution in [2.75, 3.05) is 7.11 Å². The average molecular weight is 358 g/mol. The molecule has 2 aromatic carbocycles. The van der Waals surface area contributed by atoms with E-state index >= 15 is 0 Å². The summed E-state index contributed by atoms with van der Waals surface area (Å²) in [5, 5.41) is 10.8. The summed E-state index contributed by atoms with van der Waals surface area (Å²) in [5.74, 6) is 0. The fourth-order valence-electron chi connectivity index (χ4n) is 3.13. The van der Waals surface area contributed by atoms with Crippen molar-refractivity contribution in [1.29, 1.82) is 0 Å². The smallest absolute Gasteiger partial charge is 0.186 e. The summed E-state index contributed by atoms with van der Waals surface area (Å²) < 4.78 is 23.2. The molecule has 0 spiro atoms. The van der Waals surface area contributed by atoms with Crippen molar-refractivity contribution in [3.05, 3.63) is 71.8 Å². The minimum absolute atomic E-state index is 0.310. The largest absolute Gasteiger partial charge is 0.387 e. The molecule has 2 aromatic rings. The maximum absolute atomic E-state index is 10.8. The molecule has 1 N–H and O–H groups in total. The average Bonchev–Trinajstić information content (AvgIpc) is 2.68. The maximum Gasteiger partial charge on any atom is 0.186 e. The molecule has 0 radical (unpaired) electrons. The predicted octanol–water partition coefficient (Wildman–Crippen LogP) is 2.91. The highest BCUT2D eigenvalue weighted by atomic mass is 16.7. The molecule has 3 rings (SSSR count). The molecule has 0 aromatic heterocycles. The van der Waals surface area contributed by atoms with Crippen LogP contribution in [0.4, 0.5) is 0 Å². The van der Waals surface area contributed by atoms with Gasteiger partial charge in [-0.3, -0.25) is 0 Å². The second-order valence-electron chi connectivity index (χ2n) is 6.46. The number of aliphatic hydroxyl groups is 1. The van der Waals surface area contributed by atoms with Gasteiger partial charge in [0.2, 0.25) is 0 Å². The van der Waals surface area contributed by atoms with Crippen LogP contribution in [0.15, 0.2) is 60.7 Å². The van der Waals surface area contributed by atoms with Crippen molar-refractivity contribution in [1.82, 2.24) is 0 Å². The molecule has 5 nitrogen and oxygen atoms in total. The van der Waals surface area contributed by atoms with Gasteiger partial charge in [-0.1, -0.05) is 60.7 Å². The molecule has 5 atom stereocenters. The first kappa shape index (κ1) is 19.0. The van der Waals surface area contributed by atoms with Crippen LogP contribution in [-0.2, 0) is 32.2 Å². The summed E-state index contributed by atoms with van der Waals surface area (Å²) >= 11 is 0. The molecule has 5 unspecified atom stereocenters. The van der Waals surface area contributed by atoms with Crippen LogP contribution in [0, 0.1) is 0 Å². The quantitative estimate of drug-likeness (QED) is 0.825. The van der Waals surface area contributed by atoms with Crippen LogP contribution in [0.5, 0.6) is 0 Å². The van der Waals surface area contributed by atoms with Crippen molar-refractivity contribution in [3.8, 4) is 0 Å². The van der Waals surface area contributed by atoms with Crippen LogP contribution in [0.1, 0.15) is 18.1 Å². The number of rotatable bonds is 7. The molecule has 0 aliphatic carbocycles. The van der Waals surface area contributed by atoms with Crippen molar-refractivity contribution < 1.29 is 24.1 Å². The summed E-state index contributed by atoms with van der Waals surface area (Å²) in [6.07, 6.45) is -2.92. The van der Waals surface area contributed by atoms with E-state index in [-0.39, 0.29) is 6.10 Å². The van der Waals surface area contributed by atoms with Crippen molar-refractivity contribution in [3.63, 3.8) is 0 Å². The highest BCUT2D eigenvalue weighted by Gasteiger charge is 2.45. The Morgan fingerprint density at radius 2 is 1.35 bits per heavy atom. The highest BCUT2D eigenvalue weighted by Crippen LogP contribution is 2.27. The third-order valence-corrected chi connectivity index (χ3v) is 4.56. The zero-order valence-corrected chi connectivity index (χ0v) is 15.2. The zero-order valence-electron chi connectivity index (χ0n) is 15.2. The molecule has 5 heteroatoms. The molecule has 1 aliphatic rings. The SMILES string of the molecule is COC1OC(C)C(OCc2ccccc2)C(O)C1OCc1ccccc1. The van der Waals surface area contributed by atoms with Gasteiger partial charge in [0, 0.05) is 7.11 Å². The van der Waals surface area contributed by atoms with Crippen LogP contribution < -0.4 is 0 Å². The summed E-state index contributed by atoms with van der Waals surface area (Å²) in [5.41, 5.74) is 2.07. The lowest BCUT2D eigenvalue weighted by Crippen LogP contribution is -2.58. The molecule has 0 saturated carbocycles. The van der Waals surface area contributed by atoms with Crippen LogP contribution in [0.3, 0.4) is 0 Å². The van der Waals surface area contributed by atoms with E-state index in [1.807, 2.05) is 67.6 Å². The molecule has 140 valence electrons. The number of hydrogen-bond donors (Lipinski definition) is 1. The molecule has 1 aliphatic heterocycles. The summed E-state index contributed by atoms with van der Waals surface area (Å²) in [7, 11) is 1.55. The van der Waals surface area contributed by atoms with E-state index in [1.165, 1.54) is 0 Å². The Kier molecular flexibility index (Phi) is 6.77. The third kappa shape index (κ3) is 4.69. The number of aliphatic hydroxyl groups excluding tert-OH is 1. The Balaban J connectivity index is 1.64. The van der Waals surface area contributed by atoms with Crippen LogP contribution in [0.25, 0.3) is 0 Å². The van der Waals surface area contributed by atoms with Crippen molar-refractivity contribution in [2.24, 2.45) is 0 Å². The fraction of sp³-hybridized carbons (Fsp3) is 0.429.